The molecule has 112 valence electrons. The Labute approximate surface area is 129 Å². The largest absolute Gasteiger partial charge is 0.339 e. The van der Waals surface area contributed by atoms with E-state index in [2.05, 4.69) is 26.3 Å². The van der Waals surface area contributed by atoms with Crippen molar-refractivity contribution >= 4 is 17.5 Å². The Kier molecular flexibility index (Phi) is 2.73. The molecule has 4 rings (SSSR count). The maximum absolute atomic E-state index is 12.6. The second kappa shape index (κ2) is 4.53. The SMILES string of the molecule is Cc1cnc(N2CCC3(C2)C(=O)Nc2ccccc23)nc1C. The van der Waals surface area contributed by atoms with E-state index < -0.39 is 5.41 Å². The Morgan fingerprint density at radius 3 is 2.91 bits per heavy atom. The topological polar surface area (TPSA) is 58.1 Å². The quantitative estimate of drug-likeness (QED) is 0.876. The predicted molar refractivity (Wildman–Crippen MR) is 85.1 cm³/mol. The van der Waals surface area contributed by atoms with Crippen molar-refractivity contribution in [3.05, 3.63) is 47.3 Å². The average Bonchev–Trinajstić information content (AvgIpc) is 3.07. The third-order valence-corrected chi connectivity index (χ3v) is 4.89. The maximum atomic E-state index is 12.6. The lowest BCUT2D eigenvalue weighted by atomic mass is 9.81. The van der Waals surface area contributed by atoms with Crippen LogP contribution in [0.25, 0.3) is 0 Å². The van der Waals surface area contributed by atoms with Gasteiger partial charge in [0.25, 0.3) is 0 Å². The van der Waals surface area contributed by atoms with Crippen molar-refractivity contribution < 1.29 is 4.79 Å². The Bertz CT molecular complexity index is 773. The monoisotopic (exact) mass is 294 g/mol. The number of nitrogens with one attached hydrogen (secondary N) is 1. The van der Waals surface area contributed by atoms with Crippen LogP contribution in [-0.4, -0.2) is 29.0 Å². The van der Waals surface area contributed by atoms with Crippen molar-refractivity contribution in [3.63, 3.8) is 0 Å². The number of hydrogen-bond donors (Lipinski definition) is 1. The first-order valence-electron chi connectivity index (χ1n) is 7.56. The summed E-state index contributed by atoms with van der Waals surface area (Å²) < 4.78 is 0. The fourth-order valence-corrected chi connectivity index (χ4v) is 3.43. The van der Waals surface area contributed by atoms with Gasteiger partial charge in [-0.05, 0) is 37.5 Å². The van der Waals surface area contributed by atoms with Gasteiger partial charge in [-0.3, -0.25) is 4.79 Å². The molecular weight excluding hydrogens is 276 g/mol. The molecule has 1 aromatic heterocycles. The van der Waals surface area contributed by atoms with E-state index in [-0.39, 0.29) is 5.91 Å². The molecule has 1 amide bonds. The van der Waals surface area contributed by atoms with Crippen molar-refractivity contribution in [3.8, 4) is 0 Å². The molecule has 2 aromatic rings. The number of anilines is 2. The molecule has 2 aliphatic rings. The van der Waals surface area contributed by atoms with E-state index in [1.54, 1.807) is 0 Å². The minimum Gasteiger partial charge on any atom is -0.339 e. The van der Waals surface area contributed by atoms with Crippen molar-refractivity contribution in [1.82, 2.24) is 9.97 Å². The van der Waals surface area contributed by atoms with Crippen LogP contribution < -0.4 is 10.2 Å². The Balaban J connectivity index is 1.70. The Morgan fingerprint density at radius 2 is 2.09 bits per heavy atom. The van der Waals surface area contributed by atoms with Crippen LogP contribution in [0.15, 0.2) is 30.5 Å². The van der Waals surface area contributed by atoms with Crippen LogP contribution in [0.2, 0.25) is 0 Å². The number of amides is 1. The summed E-state index contributed by atoms with van der Waals surface area (Å²) >= 11 is 0. The van der Waals surface area contributed by atoms with Gasteiger partial charge in [-0.25, -0.2) is 9.97 Å². The molecule has 1 unspecified atom stereocenters. The van der Waals surface area contributed by atoms with Crippen LogP contribution in [0.4, 0.5) is 11.6 Å². The van der Waals surface area contributed by atoms with E-state index in [0.29, 0.717) is 6.54 Å². The summed E-state index contributed by atoms with van der Waals surface area (Å²) in [6.45, 7) is 5.43. The van der Waals surface area contributed by atoms with Gasteiger partial charge in [-0.2, -0.15) is 0 Å². The van der Waals surface area contributed by atoms with Gasteiger partial charge in [0, 0.05) is 30.7 Å². The second-order valence-corrected chi connectivity index (χ2v) is 6.19. The average molecular weight is 294 g/mol. The van der Waals surface area contributed by atoms with Gasteiger partial charge < -0.3 is 10.2 Å². The summed E-state index contributed by atoms with van der Waals surface area (Å²) in [5.41, 5.74) is 3.66. The standard InChI is InChI=1S/C17H18N4O/c1-11-9-18-16(19-12(11)2)21-8-7-17(10-21)13-5-3-4-6-14(13)20-15(17)22/h3-6,9H,7-8,10H2,1-2H3,(H,20,22). The van der Waals surface area contributed by atoms with Crippen molar-refractivity contribution in [1.29, 1.82) is 0 Å². The van der Waals surface area contributed by atoms with E-state index >= 15 is 0 Å². The zero-order valence-corrected chi connectivity index (χ0v) is 12.8. The summed E-state index contributed by atoms with van der Waals surface area (Å²) in [5.74, 6) is 0.817. The van der Waals surface area contributed by atoms with Crippen molar-refractivity contribution in [2.45, 2.75) is 25.7 Å². The van der Waals surface area contributed by atoms with E-state index in [0.717, 1.165) is 41.4 Å². The number of para-hydroxylation sites is 1. The van der Waals surface area contributed by atoms with Crippen molar-refractivity contribution in [2.24, 2.45) is 0 Å². The number of fused-ring (bicyclic) bond motifs is 2. The van der Waals surface area contributed by atoms with E-state index in [4.69, 9.17) is 0 Å². The number of carbonyl (C=O) groups excluding carboxylic acids is 1. The lowest BCUT2D eigenvalue weighted by Crippen LogP contribution is -2.38. The summed E-state index contributed by atoms with van der Waals surface area (Å²) in [6, 6.07) is 7.97. The smallest absolute Gasteiger partial charge is 0.236 e. The highest BCUT2D eigenvalue weighted by molar-refractivity contribution is 6.07. The second-order valence-electron chi connectivity index (χ2n) is 6.19. The highest BCUT2D eigenvalue weighted by Gasteiger charge is 2.51. The highest BCUT2D eigenvalue weighted by atomic mass is 16.2. The van der Waals surface area contributed by atoms with Crippen molar-refractivity contribution in [2.75, 3.05) is 23.3 Å². The molecule has 22 heavy (non-hydrogen) atoms. The first-order chi connectivity index (χ1) is 10.6. The van der Waals surface area contributed by atoms with Gasteiger partial charge in [0.15, 0.2) is 0 Å². The molecule has 1 spiro atoms. The predicted octanol–water partition coefficient (Wildman–Crippen LogP) is 2.19. The number of benzene rings is 1. The van der Waals surface area contributed by atoms with E-state index in [1.165, 1.54) is 0 Å². The highest BCUT2D eigenvalue weighted by Crippen LogP contribution is 2.44. The molecule has 5 nitrogen and oxygen atoms in total. The van der Waals surface area contributed by atoms with E-state index in [9.17, 15) is 4.79 Å². The Hall–Kier alpha value is -2.43. The first-order valence-corrected chi connectivity index (χ1v) is 7.56. The lowest BCUT2D eigenvalue weighted by Gasteiger charge is -2.22. The number of hydrogen-bond acceptors (Lipinski definition) is 4. The summed E-state index contributed by atoms with van der Waals surface area (Å²) in [7, 11) is 0. The number of carbonyl (C=O) groups is 1. The van der Waals surface area contributed by atoms with Gasteiger partial charge in [-0.1, -0.05) is 18.2 Å². The first kappa shape index (κ1) is 13.2. The molecule has 5 heteroatoms. The van der Waals surface area contributed by atoms with E-state index in [1.807, 2.05) is 38.2 Å². The van der Waals surface area contributed by atoms with Gasteiger partial charge in [0.1, 0.15) is 0 Å². The number of aromatic nitrogens is 2. The fourth-order valence-electron chi connectivity index (χ4n) is 3.43. The molecule has 1 fully saturated rings. The minimum atomic E-state index is -0.460. The molecule has 0 saturated carbocycles. The van der Waals surface area contributed by atoms with Crippen LogP contribution in [-0.2, 0) is 10.2 Å². The maximum Gasteiger partial charge on any atom is 0.236 e. The zero-order chi connectivity index (χ0) is 15.3. The molecule has 2 aliphatic heterocycles. The summed E-state index contributed by atoms with van der Waals surface area (Å²) in [5, 5.41) is 3.02. The molecule has 1 N–H and O–H groups in total. The fraction of sp³-hybridized carbons (Fsp3) is 0.353. The number of rotatable bonds is 1. The zero-order valence-electron chi connectivity index (χ0n) is 12.8. The molecule has 3 heterocycles. The van der Waals surface area contributed by atoms with Gasteiger partial charge in [0.2, 0.25) is 11.9 Å². The number of aryl methyl sites for hydroxylation is 2. The minimum absolute atomic E-state index is 0.0973. The third-order valence-electron chi connectivity index (χ3n) is 4.89. The number of nitrogens with zero attached hydrogens (tertiary/aromatic N) is 3. The molecule has 1 saturated heterocycles. The Morgan fingerprint density at radius 1 is 1.27 bits per heavy atom. The van der Waals surface area contributed by atoms with Crippen LogP contribution in [0.5, 0.6) is 0 Å². The van der Waals surface area contributed by atoms with Gasteiger partial charge >= 0.3 is 0 Å². The summed E-state index contributed by atoms with van der Waals surface area (Å²) in [6.07, 6.45) is 2.65. The van der Waals surface area contributed by atoms with Gasteiger partial charge in [-0.15, -0.1) is 0 Å². The summed E-state index contributed by atoms with van der Waals surface area (Å²) in [4.78, 5) is 23.7. The molecular formula is C17H18N4O. The molecule has 0 aliphatic carbocycles. The molecule has 1 atom stereocenters. The van der Waals surface area contributed by atoms with Crippen LogP contribution in [0.1, 0.15) is 23.2 Å². The molecule has 0 bridgehead atoms. The van der Waals surface area contributed by atoms with Crippen LogP contribution in [0, 0.1) is 13.8 Å². The van der Waals surface area contributed by atoms with Crippen LogP contribution >= 0.6 is 0 Å². The van der Waals surface area contributed by atoms with Gasteiger partial charge in [0.05, 0.1) is 5.41 Å². The normalized spacial score (nSPS) is 23.0. The third kappa shape index (κ3) is 1.75. The molecule has 1 aromatic carbocycles. The van der Waals surface area contributed by atoms with Crippen LogP contribution in [0.3, 0.4) is 0 Å². The lowest BCUT2D eigenvalue weighted by molar-refractivity contribution is -0.120. The molecule has 0 radical (unpaired) electrons.